The first-order valence-corrected chi connectivity index (χ1v) is 8.75. The number of carbonyl (C=O) groups is 1. The van der Waals surface area contributed by atoms with Crippen molar-refractivity contribution in [1.29, 1.82) is 0 Å². The number of hydrogen-bond donors (Lipinski definition) is 4. The van der Waals surface area contributed by atoms with Crippen molar-refractivity contribution < 1.29 is 30.1 Å². The van der Waals surface area contributed by atoms with Crippen molar-refractivity contribution in [2.75, 3.05) is 24.9 Å². The zero-order valence-corrected chi connectivity index (χ0v) is 15.7. The second kappa shape index (κ2) is 10.1. The molecule has 0 fully saturated rings. The summed E-state index contributed by atoms with van der Waals surface area (Å²) in [6.45, 7) is -3.21. The smallest absolute Gasteiger partial charge is 0.335 e. The Kier molecular flexibility index (Phi) is 3.75. The van der Waals surface area contributed by atoms with E-state index >= 15 is 0 Å². The molecule has 3 rings (SSSR count). The number of aliphatic hydroxyl groups is 1. The summed E-state index contributed by atoms with van der Waals surface area (Å²) in [7, 11) is 0. The molecule has 5 nitrogen and oxygen atoms in total. The number of aromatic carboxylic acids is 1. The van der Waals surface area contributed by atoms with Crippen LogP contribution in [-0.2, 0) is 0 Å². The van der Waals surface area contributed by atoms with E-state index in [1.165, 1.54) is 24.3 Å². The number of nitrogens with one attached hydrogen (secondary N) is 2. The Morgan fingerprint density at radius 3 is 2.69 bits per heavy atom. The first-order valence-electron chi connectivity index (χ1n) is 13.9. The van der Waals surface area contributed by atoms with Crippen LogP contribution in [0.2, 0.25) is 5.02 Å². The average molecular weight is 422 g/mol. The highest BCUT2D eigenvalue weighted by atomic mass is 35.5. The fourth-order valence-electron chi connectivity index (χ4n) is 2.24. The molecule has 150 valence electrons. The molecule has 0 spiro atoms. The van der Waals surface area contributed by atoms with Gasteiger partial charge < -0.3 is 20.8 Å². The molecule has 0 saturated heterocycles. The molecule has 4 N–H and O–H groups in total. The lowest BCUT2D eigenvalue weighted by molar-refractivity contribution is 0.0697. The maximum atomic E-state index is 11.6. The van der Waals surface area contributed by atoms with Crippen molar-refractivity contribution in [3.05, 3.63) is 88.8 Å². The lowest BCUT2D eigenvalue weighted by atomic mass is 10.0. The molecule has 0 radical (unpaired) electrons. The molecule has 0 unspecified atom stereocenters. The van der Waals surface area contributed by atoms with E-state index < -0.39 is 83.6 Å². The van der Waals surface area contributed by atoms with E-state index in [-0.39, 0.29) is 29.4 Å². The number of anilines is 1. The molecule has 0 aliphatic carbocycles. The normalized spacial score (nSPS) is 18.8. The van der Waals surface area contributed by atoms with Crippen LogP contribution in [0.15, 0.2) is 72.6 Å². The first-order chi connectivity index (χ1) is 18.5. The van der Waals surface area contributed by atoms with Crippen molar-refractivity contribution in [2.24, 2.45) is 0 Å². The highest BCUT2D eigenvalue weighted by molar-refractivity contribution is 6.30. The molecule has 1 atom stereocenters. The second-order valence-corrected chi connectivity index (χ2v) is 6.08. The molecule has 0 aromatic heterocycles. The molecule has 0 aliphatic rings. The summed E-state index contributed by atoms with van der Waals surface area (Å²) < 4.78 is 89.9. The Hall–Kier alpha value is -2.86. The summed E-state index contributed by atoms with van der Waals surface area (Å²) in [5, 5.41) is 25.2. The SMILES string of the molecule is [2H]c1c([2H])c(NCCNC([2H])([2H])[C@]([2H])(O)c2cccc(Cl)c2)c([2H])c(-c2c([2H])c([2H])c([2H])c(C(=O)O)c2[2H])c1[2H]. The third-order valence-corrected chi connectivity index (χ3v) is 3.81. The molecule has 0 saturated carbocycles. The fourth-order valence-corrected chi connectivity index (χ4v) is 2.43. The van der Waals surface area contributed by atoms with Crippen LogP contribution in [0.1, 0.15) is 37.1 Å². The summed E-state index contributed by atoms with van der Waals surface area (Å²) in [5.41, 5.74) is -2.57. The van der Waals surface area contributed by atoms with Gasteiger partial charge in [0, 0.05) is 33.0 Å². The summed E-state index contributed by atoms with van der Waals surface area (Å²) in [4.78, 5) is 11.6. The molecule has 3 aromatic carbocycles. The maximum Gasteiger partial charge on any atom is 0.335 e. The molecule has 6 heteroatoms. The van der Waals surface area contributed by atoms with Gasteiger partial charge in [-0.3, -0.25) is 0 Å². The number of benzene rings is 3. The molecular formula is C23H23ClN2O3. The van der Waals surface area contributed by atoms with Gasteiger partial charge in [-0.05, 0) is 53.0 Å². The van der Waals surface area contributed by atoms with Gasteiger partial charge in [0.2, 0.25) is 0 Å². The predicted octanol–water partition coefficient (Wildman–Crippen LogP) is 4.44. The highest BCUT2D eigenvalue weighted by Gasteiger charge is 2.07. The largest absolute Gasteiger partial charge is 0.478 e. The standard InChI is InChI=1S/C23H23ClN2O3/c24-20-8-2-6-18(13-20)22(27)15-25-10-11-26-21-9-3-5-17(14-21)16-4-1-7-19(12-16)23(28)29/h1-9,12-14,22,25-27H,10-11,15H2,(H,28,29)/t22-/m0/s1/i1D,3D,4D,5D,7D,9D,12D,14D,15D2,22D. The summed E-state index contributed by atoms with van der Waals surface area (Å²) >= 11 is 5.88. The number of carboxylic acids is 1. The van der Waals surface area contributed by atoms with E-state index in [0.29, 0.717) is 0 Å². The molecule has 0 heterocycles. The molecule has 0 aliphatic heterocycles. The van der Waals surface area contributed by atoms with Crippen LogP contribution in [0.3, 0.4) is 0 Å². The third-order valence-electron chi connectivity index (χ3n) is 3.57. The van der Waals surface area contributed by atoms with E-state index in [0.717, 1.165) is 0 Å². The number of carboxylic acid groups (broad SMARTS) is 1. The van der Waals surface area contributed by atoms with Gasteiger partial charge in [0.15, 0.2) is 0 Å². The summed E-state index contributed by atoms with van der Waals surface area (Å²) in [6, 6.07) is -0.699. The minimum Gasteiger partial charge on any atom is -0.478 e. The van der Waals surface area contributed by atoms with Crippen LogP contribution in [0.4, 0.5) is 5.69 Å². The third kappa shape index (κ3) is 6.06. The topological polar surface area (TPSA) is 81.6 Å². The predicted molar refractivity (Wildman–Crippen MR) is 117 cm³/mol. The van der Waals surface area contributed by atoms with E-state index in [1.54, 1.807) is 0 Å². The Morgan fingerprint density at radius 2 is 1.93 bits per heavy atom. The van der Waals surface area contributed by atoms with Gasteiger partial charge in [-0.1, -0.05) is 47.9 Å². The number of halogens is 1. The lowest BCUT2D eigenvalue weighted by Crippen LogP contribution is -2.26. The van der Waals surface area contributed by atoms with Crippen LogP contribution < -0.4 is 10.6 Å². The van der Waals surface area contributed by atoms with Gasteiger partial charge in [-0.15, -0.1) is 0 Å². The van der Waals surface area contributed by atoms with Crippen molar-refractivity contribution in [2.45, 2.75) is 6.08 Å². The summed E-state index contributed by atoms with van der Waals surface area (Å²) in [6.07, 6.45) is -2.76. The van der Waals surface area contributed by atoms with Crippen molar-refractivity contribution in [1.82, 2.24) is 5.32 Å². The highest BCUT2D eigenvalue weighted by Crippen LogP contribution is 2.23. The van der Waals surface area contributed by atoms with Crippen molar-refractivity contribution in [3.63, 3.8) is 0 Å². The van der Waals surface area contributed by atoms with Gasteiger partial charge in [0.25, 0.3) is 0 Å². The van der Waals surface area contributed by atoms with Crippen LogP contribution in [0, 0.1) is 0 Å². The van der Waals surface area contributed by atoms with Gasteiger partial charge >= 0.3 is 5.97 Å². The maximum absolute atomic E-state index is 11.6. The first kappa shape index (κ1) is 10.8. The molecule has 29 heavy (non-hydrogen) atoms. The van der Waals surface area contributed by atoms with Gasteiger partial charge in [-0.2, -0.15) is 0 Å². The molecule has 0 amide bonds. The van der Waals surface area contributed by atoms with Crippen LogP contribution >= 0.6 is 11.6 Å². The monoisotopic (exact) mass is 421 g/mol. The van der Waals surface area contributed by atoms with Crippen LogP contribution in [0.5, 0.6) is 0 Å². The van der Waals surface area contributed by atoms with Crippen LogP contribution in [-0.4, -0.2) is 35.8 Å². The quantitative estimate of drug-likeness (QED) is 0.384. The average Bonchev–Trinajstić information content (AvgIpc) is 2.87. The Labute approximate surface area is 190 Å². The van der Waals surface area contributed by atoms with Crippen LogP contribution in [0.25, 0.3) is 11.1 Å². The van der Waals surface area contributed by atoms with Crippen molar-refractivity contribution in [3.8, 4) is 11.1 Å². The Morgan fingerprint density at radius 1 is 1.17 bits per heavy atom. The van der Waals surface area contributed by atoms with Crippen molar-refractivity contribution >= 4 is 23.3 Å². The molecule has 3 aromatic rings. The molecule has 0 bridgehead atoms. The van der Waals surface area contributed by atoms with E-state index in [2.05, 4.69) is 10.6 Å². The number of hydrogen-bond acceptors (Lipinski definition) is 4. The van der Waals surface area contributed by atoms with E-state index in [1.807, 2.05) is 0 Å². The zero-order valence-electron chi connectivity index (χ0n) is 25.9. The fraction of sp³-hybridized carbons (Fsp3) is 0.174. The lowest BCUT2D eigenvalue weighted by Gasteiger charge is -2.13. The van der Waals surface area contributed by atoms with Gasteiger partial charge in [0.05, 0.1) is 24.0 Å². The molecular weight excluding hydrogens is 388 g/mol. The minimum absolute atomic E-state index is 0.118. The Balaban J connectivity index is 1.96. The van der Waals surface area contributed by atoms with Gasteiger partial charge in [-0.25, -0.2) is 4.79 Å². The van der Waals surface area contributed by atoms with E-state index in [4.69, 9.17) is 26.7 Å². The van der Waals surface area contributed by atoms with E-state index in [9.17, 15) is 15.0 Å². The van der Waals surface area contributed by atoms with Gasteiger partial charge in [0.1, 0.15) is 0 Å². The zero-order chi connectivity index (χ0) is 30.3. The number of rotatable bonds is 9. The Bertz CT molecular complexity index is 1500. The summed E-state index contributed by atoms with van der Waals surface area (Å²) in [5.74, 6) is -1.73. The second-order valence-electron chi connectivity index (χ2n) is 5.64. The minimum atomic E-state index is -2.76.